The highest BCUT2D eigenvalue weighted by Gasteiger charge is 2.26. The predicted octanol–water partition coefficient (Wildman–Crippen LogP) is 12.9. The number of anilines is 6. The summed E-state index contributed by atoms with van der Waals surface area (Å²) < 4.78 is 6.55. The molecular weight excluding hydrogens is 572 g/mol. The molecule has 1 heterocycles. The number of rotatable bonds is 2. The summed E-state index contributed by atoms with van der Waals surface area (Å²) in [6, 6.07) is 54.6. The van der Waals surface area contributed by atoms with Crippen LogP contribution in [0.15, 0.2) is 152 Å². The number of ether oxygens (including phenoxy) is 1. The molecule has 0 unspecified atom stereocenters. The van der Waals surface area contributed by atoms with Crippen LogP contribution in [-0.4, -0.2) is 0 Å². The van der Waals surface area contributed by atoms with Gasteiger partial charge in [0.1, 0.15) is 11.5 Å². The SMILES string of the molecule is CC(C)(C)c1cc2ccc3c4cc(c5ccc(c1)c2c35)N(c1ccccc1)c1cccc(c1)Oc1cccc(c1)N4c1ccccc1. The highest BCUT2D eigenvalue weighted by Crippen LogP contribution is 2.51. The largest absolute Gasteiger partial charge is 0.457 e. The molecule has 47 heavy (non-hydrogen) atoms. The van der Waals surface area contributed by atoms with E-state index in [0.29, 0.717) is 0 Å². The minimum atomic E-state index is 0.0425. The summed E-state index contributed by atoms with van der Waals surface area (Å²) in [5.41, 5.74) is 7.85. The molecule has 0 fully saturated rings. The summed E-state index contributed by atoms with van der Waals surface area (Å²) in [7, 11) is 0. The maximum atomic E-state index is 6.55. The van der Waals surface area contributed by atoms with Crippen molar-refractivity contribution >= 4 is 66.4 Å². The van der Waals surface area contributed by atoms with Gasteiger partial charge in [0.05, 0.1) is 11.4 Å². The number of nitrogens with zero attached hydrogens (tertiary/aromatic N) is 2. The van der Waals surface area contributed by atoms with Crippen LogP contribution in [0, 0.1) is 0 Å². The molecular formula is C44H34N2O. The van der Waals surface area contributed by atoms with Gasteiger partial charge in [-0.05, 0) is 81.7 Å². The Kier molecular flexibility index (Phi) is 6.07. The van der Waals surface area contributed by atoms with Crippen LogP contribution in [0.1, 0.15) is 26.3 Å². The van der Waals surface area contributed by atoms with Gasteiger partial charge in [0.2, 0.25) is 0 Å². The van der Waals surface area contributed by atoms with Crippen molar-refractivity contribution in [1.82, 2.24) is 0 Å². The Morgan fingerprint density at radius 3 is 1.36 bits per heavy atom. The highest BCUT2D eigenvalue weighted by molar-refractivity contribution is 6.29. The summed E-state index contributed by atoms with van der Waals surface area (Å²) in [6.07, 6.45) is 0. The third kappa shape index (κ3) is 4.50. The summed E-state index contributed by atoms with van der Waals surface area (Å²) in [5, 5.41) is 7.53. The Labute approximate surface area is 275 Å². The summed E-state index contributed by atoms with van der Waals surface area (Å²) in [6.45, 7) is 6.88. The molecule has 8 aromatic carbocycles. The molecule has 0 aromatic heterocycles. The molecule has 0 N–H and O–H groups in total. The van der Waals surface area contributed by atoms with E-state index < -0.39 is 0 Å². The Bertz CT molecular complexity index is 2270. The number of hydrogen-bond acceptors (Lipinski definition) is 3. The minimum absolute atomic E-state index is 0.0425. The average molecular weight is 607 g/mol. The fourth-order valence-corrected chi connectivity index (χ4v) is 7.20. The molecule has 8 aromatic rings. The number of para-hydroxylation sites is 2. The lowest BCUT2D eigenvalue weighted by Crippen LogP contribution is -2.15. The molecule has 0 spiro atoms. The van der Waals surface area contributed by atoms with Crippen LogP contribution in [0.25, 0.3) is 32.3 Å². The standard InChI is InChI=1S/C44H34N2O/c1-44(2,3)31-24-29-20-22-38-40-28-41(39-23-21-30(25-31)42(29)43(38)39)46(33-14-8-5-9-15-33)35-17-11-19-37(27-35)47-36-18-10-16-34(26-36)45(40)32-12-6-4-7-13-32/h4-28H,1-3H3. The van der Waals surface area contributed by atoms with Gasteiger partial charge in [0.25, 0.3) is 0 Å². The molecule has 226 valence electrons. The molecule has 1 aliphatic rings. The van der Waals surface area contributed by atoms with E-state index in [9.17, 15) is 0 Å². The molecule has 3 nitrogen and oxygen atoms in total. The molecule has 3 heteroatoms. The first-order valence-corrected chi connectivity index (χ1v) is 16.3. The minimum Gasteiger partial charge on any atom is -0.457 e. The van der Waals surface area contributed by atoms with E-state index in [1.54, 1.807) is 0 Å². The van der Waals surface area contributed by atoms with Crippen LogP contribution in [0.2, 0.25) is 0 Å². The van der Waals surface area contributed by atoms with Crippen LogP contribution in [0.5, 0.6) is 11.5 Å². The quantitative estimate of drug-likeness (QED) is 0.182. The zero-order valence-corrected chi connectivity index (χ0v) is 26.7. The maximum absolute atomic E-state index is 6.55. The van der Waals surface area contributed by atoms with E-state index in [1.807, 2.05) is 12.1 Å². The summed E-state index contributed by atoms with van der Waals surface area (Å²) in [5.74, 6) is 1.58. The topological polar surface area (TPSA) is 15.7 Å². The third-order valence-corrected chi connectivity index (χ3v) is 9.44. The van der Waals surface area contributed by atoms with Crippen LogP contribution >= 0.6 is 0 Å². The molecule has 0 saturated heterocycles. The zero-order chi connectivity index (χ0) is 31.7. The zero-order valence-electron chi connectivity index (χ0n) is 26.7. The van der Waals surface area contributed by atoms with Crippen molar-refractivity contribution in [2.45, 2.75) is 26.2 Å². The smallest absolute Gasteiger partial charge is 0.129 e. The fraction of sp³-hybridized carbons (Fsp3) is 0.0909. The van der Waals surface area contributed by atoms with Crippen molar-refractivity contribution in [3.05, 3.63) is 157 Å². The highest BCUT2D eigenvalue weighted by atomic mass is 16.5. The normalized spacial score (nSPS) is 13.1. The second kappa shape index (κ2) is 10.4. The maximum Gasteiger partial charge on any atom is 0.129 e. The van der Waals surface area contributed by atoms with Gasteiger partial charge >= 0.3 is 0 Å². The monoisotopic (exact) mass is 606 g/mol. The molecule has 1 aliphatic heterocycles. The van der Waals surface area contributed by atoms with Crippen molar-refractivity contribution in [2.75, 3.05) is 9.80 Å². The molecule has 0 amide bonds. The van der Waals surface area contributed by atoms with Gasteiger partial charge in [0, 0.05) is 51.0 Å². The van der Waals surface area contributed by atoms with Gasteiger partial charge in [0.15, 0.2) is 0 Å². The van der Waals surface area contributed by atoms with Gasteiger partial charge in [-0.1, -0.05) is 106 Å². The van der Waals surface area contributed by atoms with E-state index in [2.05, 4.69) is 170 Å². The van der Waals surface area contributed by atoms with Crippen LogP contribution in [-0.2, 0) is 5.41 Å². The Morgan fingerprint density at radius 1 is 0.426 bits per heavy atom. The second-order valence-corrected chi connectivity index (χ2v) is 13.5. The second-order valence-electron chi connectivity index (χ2n) is 13.5. The molecule has 0 aliphatic carbocycles. The first-order valence-electron chi connectivity index (χ1n) is 16.3. The lowest BCUT2D eigenvalue weighted by molar-refractivity contribution is 0.483. The van der Waals surface area contributed by atoms with E-state index in [0.717, 1.165) is 45.6 Å². The Morgan fingerprint density at radius 2 is 0.894 bits per heavy atom. The van der Waals surface area contributed by atoms with Crippen molar-refractivity contribution in [3.8, 4) is 11.5 Å². The summed E-state index contributed by atoms with van der Waals surface area (Å²) in [4.78, 5) is 4.75. The predicted molar refractivity (Wildman–Crippen MR) is 198 cm³/mol. The first kappa shape index (κ1) is 27.5. The van der Waals surface area contributed by atoms with E-state index in [4.69, 9.17) is 4.74 Å². The first-order chi connectivity index (χ1) is 22.9. The van der Waals surface area contributed by atoms with Crippen LogP contribution in [0.4, 0.5) is 34.1 Å². The lowest BCUT2D eigenvalue weighted by atomic mass is 9.83. The molecule has 9 rings (SSSR count). The Hall–Kier alpha value is -5.80. The van der Waals surface area contributed by atoms with Gasteiger partial charge < -0.3 is 14.5 Å². The van der Waals surface area contributed by atoms with Gasteiger partial charge in [-0.15, -0.1) is 0 Å². The van der Waals surface area contributed by atoms with Crippen molar-refractivity contribution in [2.24, 2.45) is 0 Å². The van der Waals surface area contributed by atoms with E-state index >= 15 is 0 Å². The van der Waals surface area contributed by atoms with Crippen molar-refractivity contribution in [1.29, 1.82) is 0 Å². The Balaban J connectivity index is 1.48. The number of benzene rings is 8. The molecule has 6 bridgehead atoms. The molecule has 0 radical (unpaired) electrons. The van der Waals surface area contributed by atoms with Crippen molar-refractivity contribution in [3.63, 3.8) is 0 Å². The fourth-order valence-electron chi connectivity index (χ4n) is 7.20. The van der Waals surface area contributed by atoms with E-state index in [1.165, 1.54) is 37.9 Å². The molecule has 0 saturated carbocycles. The van der Waals surface area contributed by atoms with Gasteiger partial charge in [-0.3, -0.25) is 0 Å². The summed E-state index contributed by atoms with van der Waals surface area (Å²) >= 11 is 0. The number of fused-ring (bicyclic) bond motifs is 8. The van der Waals surface area contributed by atoms with Gasteiger partial charge in [-0.2, -0.15) is 0 Å². The average Bonchev–Trinajstić information content (AvgIpc) is 3.08. The lowest BCUT2D eigenvalue weighted by Gasteiger charge is -2.33. The van der Waals surface area contributed by atoms with Crippen LogP contribution in [0.3, 0.4) is 0 Å². The molecule has 0 atom stereocenters. The van der Waals surface area contributed by atoms with Gasteiger partial charge in [-0.25, -0.2) is 0 Å². The third-order valence-electron chi connectivity index (χ3n) is 9.44. The number of hydrogen-bond donors (Lipinski definition) is 0. The van der Waals surface area contributed by atoms with E-state index in [-0.39, 0.29) is 5.41 Å². The van der Waals surface area contributed by atoms with Crippen LogP contribution < -0.4 is 14.5 Å². The van der Waals surface area contributed by atoms with Crippen molar-refractivity contribution < 1.29 is 4.74 Å².